The lowest BCUT2D eigenvalue weighted by molar-refractivity contribution is 0.287. The summed E-state index contributed by atoms with van der Waals surface area (Å²) < 4.78 is 5.59. The van der Waals surface area contributed by atoms with Crippen LogP contribution in [0.5, 0.6) is 5.75 Å². The van der Waals surface area contributed by atoms with Crippen molar-refractivity contribution in [3.05, 3.63) is 58.3 Å². The SMILES string of the molecule is NC(COc1cccc(Cl)c1)Cc1ccncc1Cl. The average Bonchev–Trinajstić information content (AvgIpc) is 2.39. The number of hydrogen-bond donors (Lipinski definition) is 1. The lowest BCUT2D eigenvalue weighted by atomic mass is 10.1. The number of benzene rings is 1. The monoisotopic (exact) mass is 296 g/mol. The third kappa shape index (κ3) is 4.39. The first kappa shape index (κ1) is 14.1. The van der Waals surface area contributed by atoms with Gasteiger partial charge in [-0.3, -0.25) is 4.98 Å². The fourth-order valence-electron chi connectivity index (χ4n) is 1.67. The van der Waals surface area contributed by atoms with Gasteiger partial charge in [0.25, 0.3) is 0 Å². The zero-order chi connectivity index (χ0) is 13.7. The van der Waals surface area contributed by atoms with Gasteiger partial charge in [0.1, 0.15) is 12.4 Å². The molecule has 3 nitrogen and oxygen atoms in total. The molecule has 5 heteroatoms. The molecular formula is C14H14Cl2N2O. The molecule has 100 valence electrons. The van der Waals surface area contributed by atoms with E-state index in [0.29, 0.717) is 28.8 Å². The molecule has 0 radical (unpaired) electrons. The van der Waals surface area contributed by atoms with Crippen LogP contribution in [0.15, 0.2) is 42.7 Å². The minimum atomic E-state index is -0.140. The molecule has 1 unspecified atom stereocenters. The Labute approximate surface area is 122 Å². The zero-order valence-electron chi connectivity index (χ0n) is 10.2. The summed E-state index contributed by atoms with van der Waals surface area (Å²) in [6, 6.07) is 8.96. The highest BCUT2D eigenvalue weighted by molar-refractivity contribution is 6.31. The zero-order valence-corrected chi connectivity index (χ0v) is 11.7. The first-order valence-corrected chi connectivity index (χ1v) is 6.63. The lowest BCUT2D eigenvalue weighted by Crippen LogP contribution is -2.30. The van der Waals surface area contributed by atoms with Crippen LogP contribution in [-0.4, -0.2) is 17.6 Å². The molecule has 1 atom stereocenters. The molecular weight excluding hydrogens is 283 g/mol. The fraction of sp³-hybridized carbons (Fsp3) is 0.214. The molecule has 0 spiro atoms. The Morgan fingerprint density at radius 1 is 1.26 bits per heavy atom. The van der Waals surface area contributed by atoms with Crippen molar-refractivity contribution in [2.75, 3.05) is 6.61 Å². The molecule has 19 heavy (non-hydrogen) atoms. The second-order valence-electron chi connectivity index (χ2n) is 4.20. The van der Waals surface area contributed by atoms with Crippen molar-refractivity contribution in [1.29, 1.82) is 0 Å². The van der Waals surface area contributed by atoms with Crippen LogP contribution in [0.25, 0.3) is 0 Å². The molecule has 0 amide bonds. The molecule has 1 aromatic heterocycles. The minimum absolute atomic E-state index is 0.140. The summed E-state index contributed by atoms with van der Waals surface area (Å²) in [5, 5.41) is 1.27. The van der Waals surface area contributed by atoms with Crippen LogP contribution in [0.4, 0.5) is 0 Å². The lowest BCUT2D eigenvalue weighted by Gasteiger charge is -2.14. The number of halogens is 2. The number of hydrogen-bond acceptors (Lipinski definition) is 3. The van der Waals surface area contributed by atoms with Crippen molar-refractivity contribution in [3.8, 4) is 5.75 Å². The van der Waals surface area contributed by atoms with Crippen LogP contribution in [-0.2, 0) is 6.42 Å². The first-order valence-electron chi connectivity index (χ1n) is 5.87. The van der Waals surface area contributed by atoms with Gasteiger partial charge in [0, 0.05) is 23.5 Å². The smallest absolute Gasteiger partial charge is 0.120 e. The molecule has 2 N–H and O–H groups in total. The van der Waals surface area contributed by atoms with Crippen LogP contribution >= 0.6 is 23.2 Å². The Hall–Kier alpha value is -1.29. The third-order valence-electron chi connectivity index (χ3n) is 2.60. The summed E-state index contributed by atoms with van der Waals surface area (Å²) in [5.74, 6) is 0.712. The quantitative estimate of drug-likeness (QED) is 0.920. The molecule has 0 saturated heterocycles. The van der Waals surface area contributed by atoms with Gasteiger partial charge in [0.05, 0.1) is 5.02 Å². The van der Waals surface area contributed by atoms with E-state index in [1.807, 2.05) is 18.2 Å². The van der Waals surface area contributed by atoms with Crippen molar-refractivity contribution in [2.24, 2.45) is 5.73 Å². The van der Waals surface area contributed by atoms with Crippen molar-refractivity contribution in [1.82, 2.24) is 4.98 Å². The second kappa shape index (κ2) is 6.75. The van der Waals surface area contributed by atoms with E-state index in [-0.39, 0.29) is 6.04 Å². The van der Waals surface area contributed by atoms with Gasteiger partial charge in [-0.15, -0.1) is 0 Å². The topological polar surface area (TPSA) is 48.1 Å². The van der Waals surface area contributed by atoms with Crippen molar-refractivity contribution >= 4 is 23.2 Å². The van der Waals surface area contributed by atoms with E-state index in [0.717, 1.165) is 5.56 Å². The maximum absolute atomic E-state index is 6.03. The minimum Gasteiger partial charge on any atom is -0.492 e. The van der Waals surface area contributed by atoms with E-state index in [9.17, 15) is 0 Å². The van der Waals surface area contributed by atoms with Crippen molar-refractivity contribution in [3.63, 3.8) is 0 Å². The maximum Gasteiger partial charge on any atom is 0.120 e. The second-order valence-corrected chi connectivity index (χ2v) is 5.04. The summed E-state index contributed by atoms with van der Waals surface area (Å²) in [6.45, 7) is 0.402. The summed E-state index contributed by atoms with van der Waals surface area (Å²) in [5.41, 5.74) is 6.99. The molecule has 0 saturated carbocycles. The van der Waals surface area contributed by atoms with E-state index in [1.165, 1.54) is 0 Å². The molecule has 2 aromatic rings. The molecule has 0 aliphatic carbocycles. The number of ether oxygens (including phenoxy) is 1. The number of nitrogens with two attached hydrogens (primary N) is 1. The summed E-state index contributed by atoms with van der Waals surface area (Å²) in [4.78, 5) is 3.94. The maximum atomic E-state index is 6.03. The van der Waals surface area contributed by atoms with Crippen LogP contribution < -0.4 is 10.5 Å². The Bertz CT molecular complexity index is 548. The van der Waals surface area contributed by atoms with Crippen LogP contribution in [0.2, 0.25) is 10.0 Å². The van der Waals surface area contributed by atoms with Crippen LogP contribution in [0.1, 0.15) is 5.56 Å². The summed E-state index contributed by atoms with van der Waals surface area (Å²) in [6.07, 6.45) is 3.95. The highest BCUT2D eigenvalue weighted by Crippen LogP contribution is 2.18. The van der Waals surface area contributed by atoms with E-state index < -0.39 is 0 Å². The Morgan fingerprint density at radius 2 is 2.11 bits per heavy atom. The molecule has 0 bridgehead atoms. The molecule has 0 fully saturated rings. The molecule has 0 aliphatic heterocycles. The normalized spacial score (nSPS) is 12.2. The highest BCUT2D eigenvalue weighted by Gasteiger charge is 2.08. The number of rotatable bonds is 5. The summed E-state index contributed by atoms with van der Waals surface area (Å²) in [7, 11) is 0. The van der Waals surface area contributed by atoms with Gasteiger partial charge < -0.3 is 10.5 Å². The predicted molar refractivity (Wildman–Crippen MR) is 77.9 cm³/mol. The Balaban J connectivity index is 1.88. The third-order valence-corrected chi connectivity index (χ3v) is 3.17. The van der Waals surface area contributed by atoms with E-state index in [4.69, 9.17) is 33.7 Å². The Morgan fingerprint density at radius 3 is 2.84 bits per heavy atom. The van der Waals surface area contributed by atoms with Crippen LogP contribution in [0, 0.1) is 0 Å². The van der Waals surface area contributed by atoms with Gasteiger partial charge >= 0.3 is 0 Å². The predicted octanol–water partition coefficient (Wildman–Crippen LogP) is 3.34. The molecule has 2 rings (SSSR count). The van der Waals surface area contributed by atoms with Crippen molar-refractivity contribution in [2.45, 2.75) is 12.5 Å². The molecule has 1 aromatic carbocycles. The van der Waals surface area contributed by atoms with Gasteiger partial charge in [-0.25, -0.2) is 0 Å². The molecule has 0 aliphatic rings. The van der Waals surface area contributed by atoms with E-state index >= 15 is 0 Å². The Kier molecular flexibility index (Phi) is 5.02. The number of pyridine rings is 1. The summed E-state index contributed by atoms with van der Waals surface area (Å²) >= 11 is 11.9. The molecule has 1 heterocycles. The van der Waals surface area contributed by atoms with E-state index in [1.54, 1.807) is 24.5 Å². The average molecular weight is 297 g/mol. The number of aromatic nitrogens is 1. The van der Waals surface area contributed by atoms with Crippen molar-refractivity contribution < 1.29 is 4.74 Å². The van der Waals surface area contributed by atoms with Gasteiger partial charge in [0.2, 0.25) is 0 Å². The van der Waals surface area contributed by atoms with Gasteiger partial charge in [-0.2, -0.15) is 0 Å². The van der Waals surface area contributed by atoms with Gasteiger partial charge in [-0.1, -0.05) is 29.3 Å². The standard InChI is InChI=1S/C14H14Cl2N2O/c15-11-2-1-3-13(7-11)19-9-12(17)6-10-4-5-18-8-14(10)16/h1-5,7-8,12H,6,9,17H2. The van der Waals surface area contributed by atoms with E-state index in [2.05, 4.69) is 4.98 Å². The number of nitrogens with zero attached hydrogens (tertiary/aromatic N) is 1. The highest BCUT2D eigenvalue weighted by atomic mass is 35.5. The fourth-order valence-corrected chi connectivity index (χ4v) is 2.05. The first-order chi connectivity index (χ1) is 9.15. The largest absolute Gasteiger partial charge is 0.492 e. The van der Waals surface area contributed by atoms with Gasteiger partial charge in [-0.05, 0) is 36.2 Å². The van der Waals surface area contributed by atoms with Crippen LogP contribution in [0.3, 0.4) is 0 Å². The van der Waals surface area contributed by atoms with Gasteiger partial charge in [0.15, 0.2) is 0 Å².